The molecule has 0 aliphatic heterocycles. The van der Waals surface area contributed by atoms with Crippen molar-refractivity contribution >= 4 is 11.3 Å². The molecular weight excluding hydrogens is 225 g/mol. The number of hydrogen-bond acceptors (Lipinski definition) is 4. The van der Waals surface area contributed by atoms with E-state index in [1.165, 1.54) is 17.4 Å². The predicted octanol–water partition coefficient (Wildman–Crippen LogP) is 2.14. The molecule has 3 nitrogen and oxygen atoms in total. The Labute approximate surface area is 97.1 Å². The molecule has 1 unspecified atom stereocenters. The van der Waals surface area contributed by atoms with Gasteiger partial charge in [-0.15, -0.1) is 11.3 Å². The van der Waals surface area contributed by atoms with E-state index in [9.17, 15) is 4.39 Å². The Hall–Kier alpha value is -1.30. The van der Waals surface area contributed by atoms with E-state index < -0.39 is 0 Å². The van der Waals surface area contributed by atoms with Crippen molar-refractivity contribution in [3.63, 3.8) is 0 Å². The van der Waals surface area contributed by atoms with Crippen molar-refractivity contribution in [2.45, 2.75) is 13.0 Å². The Morgan fingerprint density at radius 1 is 1.44 bits per heavy atom. The minimum absolute atomic E-state index is 0.266. The molecule has 3 N–H and O–H groups in total. The fourth-order valence-electron chi connectivity index (χ4n) is 1.60. The molecule has 1 aromatic carbocycles. The predicted molar refractivity (Wildman–Crippen MR) is 62.4 cm³/mol. The van der Waals surface area contributed by atoms with Crippen molar-refractivity contribution in [1.29, 1.82) is 0 Å². The molecule has 2 aromatic rings. The van der Waals surface area contributed by atoms with Crippen LogP contribution in [-0.4, -0.2) is 4.98 Å². The molecule has 5 heteroatoms. The molecule has 2 rings (SSSR count). The summed E-state index contributed by atoms with van der Waals surface area (Å²) in [6.07, 6.45) is 0. The first-order valence-corrected chi connectivity index (χ1v) is 5.72. The SMILES string of the molecule is Cc1ncsc1C(NN)c1ccccc1F. The lowest BCUT2D eigenvalue weighted by Crippen LogP contribution is -2.29. The fourth-order valence-corrected chi connectivity index (χ4v) is 2.48. The van der Waals surface area contributed by atoms with E-state index in [1.807, 2.05) is 6.92 Å². The molecule has 0 saturated heterocycles. The van der Waals surface area contributed by atoms with Crippen molar-refractivity contribution < 1.29 is 4.39 Å². The second kappa shape index (κ2) is 4.69. The maximum Gasteiger partial charge on any atom is 0.128 e. The average molecular weight is 237 g/mol. The first-order valence-electron chi connectivity index (χ1n) is 4.84. The molecule has 0 bridgehead atoms. The normalized spacial score (nSPS) is 12.7. The van der Waals surface area contributed by atoms with Gasteiger partial charge in [-0.25, -0.2) is 14.8 Å². The van der Waals surface area contributed by atoms with Crippen LogP contribution in [0.1, 0.15) is 22.2 Å². The lowest BCUT2D eigenvalue weighted by Gasteiger charge is -2.15. The van der Waals surface area contributed by atoms with Crippen LogP contribution in [-0.2, 0) is 0 Å². The maximum absolute atomic E-state index is 13.6. The highest BCUT2D eigenvalue weighted by molar-refractivity contribution is 7.09. The number of hydrazine groups is 1. The minimum Gasteiger partial charge on any atom is -0.271 e. The number of halogens is 1. The molecule has 0 saturated carbocycles. The summed E-state index contributed by atoms with van der Waals surface area (Å²) in [7, 11) is 0. The number of aryl methyl sites for hydroxylation is 1. The minimum atomic E-state index is -0.339. The highest BCUT2D eigenvalue weighted by Gasteiger charge is 2.19. The topological polar surface area (TPSA) is 50.9 Å². The molecule has 0 aliphatic carbocycles. The number of rotatable bonds is 3. The van der Waals surface area contributed by atoms with Crippen molar-refractivity contribution in [3.8, 4) is 0 Å². The second-order valence-corrected chi connectivity index (χ2v) is 4.31. The first kappa shape index (κ1) is 11.2. The van der Waals surface area contributed by atoms with Crippen molar-refractivity contribution in [2.24, 2.45) is 5.84 Å². The van der Waals surface area contributed by atoms with Crippen LogP contribution in [0.2, 0.25) is 0 Å². The van der Waals surface area contributed by atoms with Gasteiger partial charge in [-0.3, -0.25) is 5.84 Å². The van der Waals surface area contributed by atoms with Crippen LogP contribution < -0.4 is 11.3 Å². The zero-order valence-electron chi connectivity index (χ0n) is 8.77. The summed E-state index contributed by atoms with van der Waals surface area (Å²) < 4.78 is 13.6. The van der Waals surface area contributed by atoms with Gasteiger partial charge in [0.05, 0.1) is 22.1 Å². The highest BCUT2D eigenvalue weighted by atomic mass is 32.1. The third-order valence-electron chi connectivity index (χ3n) is 2.43. The monoisotopic (exact) mass is 237 g/mol. The third kappa shape index (κ3) is 1.97. The number of nitrogens with one attached hydrogen (secondary N) is 1. The summed E-state index contributed by atoms with van der Waals surface area (Å²) in [4.78, 5) is 5.08. The van der Waals surface area contributed by atoms with Crippen LogP contribution in [0.5, 0.6) is 0 Å². The summed E-state index contributed by atoms with van der Waals surface area (Å²) in [6.45, 7) is 1.89. The van der Waals surface area contributed by atoms with E-state index in [0.29, 0.717) is 5.56 Å². The van der Waals surface area contributed by atoms with Gasteiger partial charge in [0.2, 0.25) is 0 Å². The number of thiazole rings is 1. The Morgan fingerprint density at radius 3 is 2.75 bits per heavy atom. The van der Waals surface area contributed by atoms with Crippen molar-refractivity contribution in [2.75, 3.05) is 0 Å². The van der Waals surface area contributed by atoms with Gasteiger partial charge in [0.15, 0.2) is 0 Å². The highest BCUT2D eigenvalue weighted by Crippen LogP contribution is 2.28. The van der Waals surface area contributed by atoms with Crippen LogP contribution in [0.15, 0.2) is 29.8 Å². The average Bonchev–Trinajstić information content (AvgIpc) is 2.69. The van der Waals surface area contributed by atoms with Gasteiger partial charge in [-0.05, 0) is 13.0 Å². The Bertz CT molecular complexity index is 484. The van der Waals surface area contributed by atoms with E-state index in [1.54, 1.807) is 23.7 Å². The van der Waals surface area contributed by atoms with Crippen LogP contribution in [0, 0.1) is 12.7 Å². The zero-order chi connectivity index (χ0) is 11.5. The van der Waals surface area contributed by atoms with Gasteiger partial charge in [0.1, 0.15) is 5.82 Å². The second-order valence-electron chi connectivity index (χ2n) is 3.42. The van der Waals surface area contributed by atoms with E-state index in [-0.39, 0.29) is 11.9 Å². The van der Waals surface area contributed by atoms with Gasteiger partial charge in [-0.1, -0.05) is 18.2 Å². The van der Waals surface area contributed by atoms with E-state index >= 15 is 0 Å². The molecule has 0 spiro atoms. The number of aromatic nitrogens is 1. The van der Waals surface area contributed by atoms with Gasteiger partial charge in [0.25, 0.3) is 0 Å². The van der Waals surface area contributed by atoms with E-state index in [4.69, 9.17) is 5.84 Å². The smallest absolute Gasteiger partial charge is 0.128 e. The lowest BCUT2D eigenvalue weighted by molar-refractivity contribution is 0.562. The molecule has 16 heavy (non-hydrogen) atoms. The number of hydrogen-bond donors (Lipinski definition) is 2. The van der Waals surface area contributed by atoms with Crippen molar-refractivity contribution in [1.82, 2.24) is 10.4 Å². The summed E-state index contributed by atoms with van der Waals surface area (Å²) in [5.41, 5.74) is 5.78. The molecule has 0 fully saturated rings. The maximum atomic E-state index is 13.6. The molecular formula is C11H12FN3S. The number of nitrogens with two attached hydrogens (primary N) is 1. The van der Waals surface area contributed by atoms with Gasteiger partial charge in [-0.2, -0.15) is 0 Å². The quantitative estimate of drug-likeness (QED) is 0.635. The van der Waals surface area contributed by atoms with Crippen molar-refractivity contribution in [3.05, 3.63) is 51.7 Å². The molecule has 84 valence electrons. The number of benzene rings is 1. The van der Waals surface area contributed by atoms with Gasteiger partial charge >= 0.3 is 0 Å². The molecule has 1 heterocycles. The molecule has 1 aromatic heterocycles. The van der Waals surface area contributed by atoms with Gasteiger partial charge < -0.3 is 0 Å². The van der Waals surface area contributed by atoms with Crippen LogP contribution in [0.4, 0.5) is 4.39 Å². The standard InChI is InChI=1S/C11H12FN3S/c1-7-11(16-6-14-7)10(15-13)8-4-2-3-5-9(8)12/h2-6,10,15H,13H2,1H3. The summed E-state index contributed by atoms with van der Waals surface area (Å²) >= 11 is 1.47. The zero-order valence-corrected chi connectivity index (χ0v) is 9.59. The van der Waals surface area contributed by atoms with Crippen LogP contribution in [0.3, 0.4) is 0 Å². The van der Waals surface area contributed by atoms with Crippen LogP contribution in [0.25, 0.3) is 0 Å². The summed E-state index contributed by atoms with van der Waals surface area (Å²) in [5.74, 6) is 5.23. The molecule has 0 radical (unpaired) electrons. The summed E-state index contributed by atoms with van der Waals surface area (Å²) in [6, 6.07) is 6.26. The Balaban J connectivity index is 2.45. The largest absolute Gasteiger partial charge is 0.271 e. The Morgan fingerprint density at radius 2 is 2.19 bits per heavy atom. The van der Waals surface area contributed by atoms with E-state index in [0.717, 1.165) is 10.6 Å². The van der Waals surface area contributed by atoms with Crippen LogP contribution >= 0.6 is 11.3 Å². The molecule has 1 atom stereocenters. The molecule has 0 amide bonds. The number of nitrogens with zero attached hydrogens (tertiary/aromatic N) is 1. The third-order valence-corrected chi connectivity index (χ3v) is 3.42. The van der Waals surface area contributed by atoms with Gasteiger partial charge in [0, 0.05) is 5.56 Å². The van der Waals surface area contributed by atoms with E-state index in [2.05, 4.69) is 10.4 Å². The Kier molecular flexibility index (Phi) is 3.28. The molecule has 0 aliphatic rings. The fraction of sp³-hybridized carbons (Fsp3) is 0.182. The lowest BCUT2D eigenvalue weighted by atomic mass is 10.0. The first-order chi connectivity index (χ1) is 7.74. The summed E-state index contributed by atoms with van der Waals surface area (Å²) in [5, 5.41) is 0.